The first-order valence-electron chi connectivity index (χ1n) is 4.46. The highest BCUT2D eigenvalue weighted by Gasteiger charge is 2.37. The SMILES string of the molecule is B.Cc1ccc(C2(O)C=CC=CC2O)o1. The zero-order valence-electron chi connectivity index (χ0n) is 7.84. The molecule has 3 nitrogen and oxygen atoms in total. The third-order valence-electron chi connectivity index (χ3n) is 2.34. The second-order valence-electron chi connectivity index (χ2n) is 3.42. The van der Waals surface area contributed by atoms with Crippen LogP contribution in [0.5, 0.6) is 0 Å². The molecule has 0 amide bonds. The van der Waals surface area contributed by atoms with E-state index in [0.717, 1.165) is 0 Å². The molecule has 0 saturated carbocycles. The van der Waals surface area contributed by atoms with Crippen LogP contribution in [-0.4, -0.2) is 24.7 Å². The summed E-state index contributed by atoms with van der Waals surface area (Å²) in [5, 5.41) is 19.8. The zero-order valence-corrected chi connectivity index (χ0v) is 7.84. The van der Waals surface area contributed by atoms with Crippen LogP contribution < -0.4 is 0 Å². The summed E-state index contributed by atoms with van der Waals surface area (Å²) in [7, 11) is 0. The molecule has 2 atom stereocenters. The lowest BCUT2D eigenvalue weighted by Crippen LogP contribution is -2.37. The van der Waals surface area contributed by atoms with Gasteiger partial charge in [0.25, 0.3) is 0 Å². The van der Waals surface area contributed by atoms with Crippen LogP contribution in [0.4, 0.5) is 0 Å². The van der Waals surface area contributed by atoms with Gasteiger partial charge in [-0.3, -0.25) is 0 Å². The van der Waals surface area contributed by atoms with Crippen molar-refractivity contribution in [3.8, 4) is 0 Å². The van der Waals surface area contributed by atoms with Crippen LogP contribution in [0.3, 0.4) is 0 Å². The van der Waals surface area contributed by atoms with Gasteiger partial charge in [-0.05, 0) is 25.1 Å². The first-order chi connectivity index (χ1) is 6.63. The van der Waals surface area contributed by atoms with Crippen LogP contribution in [0, 0.1) is 6.92 Å². The van der Waals surface area contributed by atoms with Gasteiger partial charge in [-0.25, -0.2) is 0 Å². The van der Waals surface area contributed by atoms with Crippen molar-refractivity contribution in [1.82, 2.24) is 0 Å². The number of hydrogen-bond acceptors (Lipinski definition) is 3. The van der Waals surface area contributed by atoms with Crippen LogP contribution in [0.2, 0.25) is 0 Å². The van der Waals surface area contributed by atoms with Crippen LogP contribution in [0.1, 0.15) is 11.5 Å². The van der Waals surface area contributed by atoms with Gasteiger partial charge in [-0.2, -0.15) is 0 Å². The summed E-state index contributed by atoms with van der Waals surface area (Å²) in [6, 6.07) is 3.42. The Labute approximate surface area is 90.3 Å². The number of aryl methyl sites for hydroxylation is 1. The molecule has 80 valence electrons. The van der Waals surface area contributed by atoms with E-state index in [9.17, 15) is 10.2 Å². The molecule has 0 spiro atoms. The van der Waals surface area contributed by atoms with Gasteiger partial charge in [0, 0.05) is 0 Å². The molecule has 0 radical (unpaired) electrons. The Balaban J connectivity index is 0.00000112. The maximum absolute atomic E-state index is 10.1. The molecule has 2 N–H and O–H groups in total. The molecule has 1 aromatic rings. The fourth-order valence-electron chi connectivity index (χ4n) is 1.49. The predicted octanol–water partition coefficient (Wildman–Crippen LogP) is 0.0786. The molecule has 0 fully saturated rings. The Bertz CT molecular complexity index is 394. The topological polar surface area (TPSA) is 53.6 Å². The van der Waals surface area contributed by atoms with Gasteiger partial charge in [0.1, 0.15) is 17.6 Å². The van der Waals surface area contributed by atoms with E-state index in [4.69, 9.17) is 4.42 Å². The van der Waals surface area contributed by atoms with Crippen molar-refractivity contribution in [2.45, 2.75) is 18.6 Å². The van der Waals surface area contributed by atoms with Crippen molar-refractivity contribution in [1.29, 1.82) is 0 Å². The number of allylic oxidation sites excluding steroid dienone is 2. The van der Waals surface area contributed by atoms with Crippen molar-refractivity contribution in [3.05, 3.63) is 48.0 Å². The average molecular weight is 206 g/mol. The van der Waals surface area contributed by atoms with Gasteiger partial charge >= 0.3 is 0 Å². The molecule has 0 bridgehead atoms. The summed E-state index contributed by atoms with van der Waals surface area (Å²) in [5.41, 5.74) is -1.43. The fourth-order valence-corrected chi connectivity index (χ4v) is 1.49. The minimum Gasteiger partial charge on any atom is -0.463 e. The van der Waals surface area contributed by atoms with Crippen LogP contribution >= 0.6 is 0 Å². The first kappa shape index (κ1) is 11.8. The Morgan fingerprint density at radius 1 is 1.33 bits per heavy atom. The van der Waals surface area contributed by atoms with Crippen LogP contribution in [0.25, 0.3) is 0 Å². The molecule has 0 aromatic carbocycles. The minimum absolute atomic E-state index is 0. The third kappa shape index (κ3) is 1.91. The highest BCUT2D eigenvalue weighted by molar-refractivity contribution is 5.75. The number of rotatable bonds is 1. The summed E-state index contributed by atoms with van der Waals surface area (Å²) in [4.78, 5) is 0. The van der Waals surface area contributed by atoms with Gasteiger partial charge in [0.2, 0.25) is 0 Å². The molecule has 1 heterocycles. The van der Waals surface area contributed by atoms with Gasteiger partial charge < -0.3 is 14.6 Å². The molecule has 0 aliphatic heterocycles. The lowest BCUT2D eigenvalue weighted by Gasteiger charge is -2.27. The summed E-state index contributed by atoms with van der Waals surface area (Å²) in [5.74, 6) is 1.08. The van der Waals surface area contributed by atoms with Gasteiger partial charge in [-0.15, -0.1) is 0 Å². The lowest BCUT2D eigenvalue weighted by atomic mass is 9.90. The Morgan fingerprint density at radius 2 is 2.07 bits per heavy atom. The van der Waals surface area contributed by atoms with Crippen molar-refractivity contribution in [2.24, 2.45) is 0 Å². The maximum atomic E-state index is 10.1. The Morgan fingerprint density at radius 3 is 2.60 bits per heavy atom. The summed E-state index contributed by atoms with van der Waals surface area (Å²) in [6.07, 6.45) is 5.46. The smallest absolute Gasteiger partial charge is 0.170 e. The van der Waals surface area contributed by atoms with Crippen molar-refractivity contribution in [3.63, 3.8) is 0 Å². The zero-order chi connectivity index (χ0) is 10.2. The highest BCUT2D eigenvalue weighted by Crippen LogP contribution is 2.31. The summed E-state index contributed by atoms with van der Waals surface area (Å²) >= 11 is 0. The van der Waals surface area contributed by atoms with E-state index < -0.39 is 11.7 Å². The van der Waals surface area contributed by atoms with Crippen LogP contribution in [-0.2, 0) is 5.60 Å². The first-order valence-corrected chi connectivity index (χ1v) is 4.46. The molecule has 4 heteroatoms. The lowest BCUT2D eigenvalue weighted by molar-refractivity contribution is -0.0347. The second-order valence-corrected chi connectivity index (χ2v) is 3.42. The summed E-state index contributed by atoms with van der Waals surface area (Å²) in [6.45, 7) is 1.79. The highest BCUT2D eigenvalue weighted by atomic mass is 16.4. The Kier molecular flexibility index (Phi) is 3.22. The maximum Gasteiger partial charge on any atom is 0.170 e. The monoisotopic (exact) mass is 206 g/mol. The number of furan rings is 1. The predicted molar refractivity (Wildman–Crippen MR) is 61.6 cm³/mol. The minimum atomic E-state index is -1.43. The quantitative estimate of drug-likeness (QED) is 0.639. The molecule has 0 saturated heterocycles. The number of aliphatic hydroxyl groups excluding tert-OH is 1. The Hall–Kier alpha value is -1.26. The van der Waals surface area contributed by atoms with Crippen molar-refractivity contribution < 1.29 is 14.6 Å². The molecule has 1 aromatic heterocycles. The molecule has 2 unspecified atom stereocenters. The molecule has 1 aliphatic carbocycles. The molecular weight excluding hydrogens is 191 g/mol. The molecule has 15 heavy (non-hydrogen) atoms. The molecule has 1 aliphatic rings. The standard InChI is InChI=1S/C11H12O3.BH3/c1-8-5-6-10(14-8)11(13)7-3-2-4-9(11)12;/h2-7,9,12-13H,1H3;1H3. The van der Waals surface area contributed by atoms with Gasteiger partial charge in [0.05, 0.1) is 8.41 Å². The van der Waals surface area contributed by atoms with E-state index >= 15 is 0 Å². The number of hydrogen-bond donors (Lipinski definition) is 2. The van der Waals surface area contributed by atoms with E-state index in [1.807, 2.05) is 0 Å². The fraction of sp³-hybridized carbons (Fsp3) is 0.273. The van der Waals surface area contributed by atoms with Crippen molar-refractivity contribution >= 4 is 8.41 Å². The largest absolute Gasteiger partial charge is 0.463 e. The van der Waals surface area contributed by atoms with Crippen LogP contribution in [0.15, 0.2) is 40.9 Å². The number of aliphatic hydroxyl groups is 2. The van der Waals surface area contributed by atoms with E-state index in [1.165, 1.54) is 12.2 Å². The van der Waals surface area contributed by atoms with E-state index in [-0.39, 0.29) is 8.41 Å². The van der Waals surface area contributed by atoms with Gasteiger partial charge in [-0.1, -0.05) is 18.2 Å². The average Bonchev–Trinajstić information content (AvgIpc) is 2.58. The second kappa shape index (κ2) is 4.09. The van der Waals surface area contributed by atoms with E-state index in [0.29, 0.717) is 11.5 Å². The normalized spacial score (nSPS) is 28.9. The molecular formula is C11H15BO3. The third-order valence-corrected chi connectivity index (χ3v) is 2.34. The van der Waals surface area contributed by atoms with E-state index in [2.05, 4.69) is 0 Å². The van der Waals surface area contributed by atoms with Gasteiger partial charge in [0.15, 0.2) is 5.60 Å². The van der Waals surface area contributed by atoms with E-state index in [1.54, 1.807) is 31.2 Å². The van der Waals surface area contributed by atoms with Crippen molar-refractivity contribution in [2.75, 3.05) is 0 Å². The summed E-state index contributed by atoms with van der Waals surface area (Å²) < 4.78 is 5.30. The molecule has 2 rings (SSSR count).